The maximum Gasteiger partial charge on any atom is 0.0646 e. The fourth-order valence-corrected chi connectivity index (χ4v) is 1.93. The second-order valence-electron chi connectivity index (χ2n) is 4.62. The van der Waals surface area contributed by atoms with E-state index in [0.29, 0.717) is 5.92 Å². The summed E-state index contributed by atoms with van der Waals surface area (Å²) < 4.78 is 0. The van der Waals surface area contributed by atoms with Crippen molar-refractivity contribution in [1.29, 1.82) is 0 Å². The lowest BCUT2D eigenvalue weighted by atomic mass is 9.97. The van der Waals surface area contributed by atoms with Crippen LogP contribution in [0, 0.1) is 0 Å². The maximum atomic E-state index is 5.94. The van der Waals surface area contributed by atoms with E-state index in [0.717, 1.165) is 5.69 Å². The molecule has 0 amide bonds. The maximum absolute atomic E-state index is 5.94. The van der Waals surface area contributed by atoms with Crippen LogP contribution in [0.5, 0.6) is 0 Å². The van der Waals surface area contributed by atoms with Crippen molar-refractivity contribution in [3.8, 4) is 0 Å². The molecule has 0 aliphatic carbocycles. The van der Waals surface area contributed by atoms with Gasteiger partial charge < -0.3 is 5.73 Å². The second kappa shape index (κ2) is 4.22. The van der Waals surface area contributed by atoms with Crippen molar-refractivity contribution in [3.63, 3.8) is 0 Å². The summed E-state index contributed by atoms with van der Waals surface area (Å²) in [5, 5.41) is 2.40. The number of pyridine rings is 1. The molecule has 1 atom stereocenters. The molecule has 1 aromatic carbocycles. The Morgan fingerprint density at radius 3 is 2.50 bits per heavy atom. The van der Waals surface area contributed by atoms with Crippen LogP contribution in [0.4, 0.5) is 0 Å². The van der Waals surface area contributed by atoms with Gasteiger partial charge in [0, 0.05) is 17.6 Å². The van der Waals surface area contributed by atoms with Crippen molar-refractivity contribution in [2.75, 3.05) is 0 Å². The van der Waals surface area contributed by atoms with Gasteiger partial charge in [0.2, 0.25) is 0 Å². The molecule has 84 valence electrons. The molecule has 0 bridgehead atoms. The molecule has 0 aliphatic heterocycles. The van der Waals surface area contributed by atoms with Crippen LogP contribution in [0.25, 0.3) is 10.8 Å². The van der Waals surface area contributed by atoms with Crippen molar-refractivity contribution >= 4 is 10.8 Å². The number of aromatic nitrogens is 1. The van der Waals surface area contributed by atoms with Crippen molar-refractivity contribution < 1.29 is 0 Å². The zero-order valence-electron chi connectivity index (χ0n) is 10.1. The Kier molecular flexibility index (Phi) is 2.92. The molecule has 0 saturated carbocycles. The summed E-state index contributed by atoms with van der Waals surface area (Å²) in [6.45, 7) is 6.37. The van der Waals surface area contributed by atoms with Gasteiger partial charge in [-0.05, 0) is 35.9 Å². The highest BCUT2D eigenvalue weighted by molar-refractivity contribution is 5.85. The summed E-state index contributed by atoms with van der Waals surface area (Å²) >= 11 is 0. The fraction of sp³-hybridized carbons (Fsp3) is 0.357. The van der Waals surface area contributed by atoms with Crippen LogP contribution in [0.3, 0.4) is 0 Å². The van der Waals surface area contributed by atoms with Gasteiger partial charge >= 0.3 is 0 Å². The molecule has 0 radical (unpaired) electrons. The standard InChI is InChI=1S/C14H18N2/c1-9(2)12-5-4-11-6-7-16-14(10(3)15)13(11)8-12/h4-10H,15H2,1-3H3. The van der Waals surface area contributed by atoms with Crippen molar-refractivity contribution in [2.45, 2.75) is 32.7 Å². The highest BCUT2D eigenvalue weighted by atomic mass is 14.8. The van der Waals surface area contributed by atoms with E-state index in [1.54, 1.807) is 0 Å². The number of nitrogens with two attached hydrogens (primary N) is 1. The Morgan fingerprint density at radius 2 is 1.88 bits per heavy atom. The van der Waals surface area contributed by atoms with Crippen LogP contribution >= 0.6 is 0 Å². The molecule has 16 heavy (non-hydrogen) atoms. The highest BCUT2D eigenvalue weighted by Crippen LogP contribution is 2.25. The predicted molar refractivity (Wildman–Crippen MR) is 68.4 cm³/mol. The molecule has 0 saturated heterocycles. The molecule has 2 nitrogen and oxygen atoms in total. The lowest BCUT2D eigenvalue weighted by molar-refractivity contribution is 0.790. The summed E-state index contributed by atoms with van der Waals surface area (Å²) in [5.74, 6) is 0.533. The van der Waals surface area contributed by atoms with E-state index in [2.05, 4.69) is 37.0 Å². The van der Waals surface area contributed by atoms with E-state index in [1.165, 1.54) is 16.3 Å². The minimum Gasteiger partial charge on any atom is -0.323 e. The molecule has 2 aromatic rings. The van der Waals surface area contributed by atoms with Crippen LogP contribution in [-0.4, -0.2) is 4.98 Å². The number of nitrogens with zero attached hydrogens (tertiary/aromatic N) is 1. The third-order valence-electron chi connectivity index (χ3n) is 2.92. The predicted octanol–water partition coefficient (Wildman–Crippen LogP) is 3.38. The molecular weight excluding hydrogens is 196 g/mol. The number of hydrogen-bond donors (Lipinski definition) is 1. The van der Waals surface area contributed by atoms with Gasteiger partial charge in [-0.15, -0.1) is 0 Å². The van der Waals surface area contributed by atoms with Gasteiger partial charge in [0.05, 0.1) is 5.69 Å². The summed E-state index contributed by atoms with van der Waals surface area (Å²) in [6.07, 6.45) is 1.83. The monoisotopic (exact) mass is 214 g/mol. The minimum absolute atomic E-state index is 0.0221. The van der Waals surface area contributed by atoms with Crippen LogP contribution in [0.1, 0.15) is 44.0 Å². The SMILES string of the molecule is CC(C)c1ccc2ccnc(C(C)N)c2c1. The smallest absolute Gasteiger partial charge is 0.0646 e. The van der Waals surface area contributed by atoms with Gasteiger partial charge in [-0.3, -0.25) is 4.98 Å². The summed E-state index contributed by atoms with van der Waals surface area (Å²) in [7, 11) is 0. The molecular formula is C14H18N2. The van der Waals surface area contributed by atoms with E-state index in [4.69, 9.17) is 5.73 Å². The number of rotatable bonds is 2. The topological polar surface area (TPSA) is 38.9 Å². The van der Waals surface area contributed by atoms with Gasteiger partial charge in [-0.2, -0.15) is 0 Å². The quantitative estimate of drug-likeness (QED) is 0.832. The van der Waals surface area contributed by atoms with Gasteiger partial charge in [0.25, 0.3) is 0 Å². The molecule has 2 heteroatoms. The second-order valence-corrected chi connectivity index (χ2v) is 4.62. The van der Waals surface area contributed by atoms with E-state index >= 15 is 0 Å². The largest absolute Gasteiger partial charge is 0.323 e. The van der Waals surface area contributed by atoms with Crippen LogP contribution in [0.2, 0.25) is 0 Å². The van der Waals surface area contributed by atoms with Crippen molar-refractivity contribution in [3.05, 3.63) is 41.7 Å². The van der Waals surface area contributed by atoms with Gasteiger partial charge in [0.15, 0.2) is 0 Å². The Bertz CT molecular complexity index is 501. The minimum atomic E-state index is -0.0221. The molecule has 0 fully saturated rings. The molecule has 2 rings (SSSR count). The van der Waals surface area contributed by atoms with E-state index in [1.807, 2.05) is 19.2 Å². The number of benzene rings is 1. The summed E-state index contributed by atoms with van der Waals surface area (Å²) in [6, 6.07) is 8.55. The van der Waals surface area contributed by atoms with E-state index < -0.39 is 0 Å². The van der Waals surface area contributed by atoms with Gasteiger partial charge in [-0.25, -0.2) is 0 Å². The highest BCUT2D eigenvalue weighted by Gasteiger charge is 2.08. The Balaban J connectivity index is 2.68. The Hall–Kier alpha value is -1.41. The Labute approximate surface area is 96.5 Å². The zero-order chi connectivity index (χ0) is 11.7. The molecule has 2 N–H and O–H groups in total. The zero-order valence-corrected chi connectivity index (χ0v) is 10.1. The molecule has 1 unspecified atom stereocenters. The molecule has 1 aromatic heterocycles. The third kappa shape index (κ3) is 1.93. The van der Waals surface area contributed by atoms with Crippen LogP contribution in [0.15, 0.2) is 30.5 Å². The first-order valence-corrected chi connectivity index (χ1v) is 5.73. The first kappa shape index (κ1) is 11.1. The lowest BCUT2D eigenvalue weighted by Crippen LogP contribution is -2.07. The van der Waals surface area contributed by atoms with Crippen LogP contribution < -0.4 is 5.73 Å². The number of fused-ring (bicyclic) bond motifs is 1. The number of hydrogen-bond acceptors (Lipinski definition) is 2. The van der Waals surface area contributed by atoms with Crippen molar-refractivity contribution in [2.24, 2.45) is 5.73 Å². The normalized spacial score (nSPS) is 13.3. The van der Waals surface area contributed by atoms with E-state index in [-0.39, 0.29) is 6.04 Å². The first-order valence-electron chi connectivity index (χ1n) is 5.73. The first-order chi connectivity index (χ1) is 7.59. The average molecular weight is 214 g/mol. The molecule has 1 heterocycles. The van der Waals surface area contributed by atoms with Gasteiger partial charge in [0.1, 0.15) is 0 Å². The lowest BCUT2D eigenvalue weighted by Gasteiger charge is -2.11. The molecule has 0 aliphatic rings. The van der Waals surface area contributed by atoms with Crippen molar-refractivity contribution in [1.82, 2.24) is 4.98 Å². The third-order valence-corrected chi connectivity index (χ3v) is 2.92. The average Bonchev–Trinajstić information content (AvgIpc) is 2.27. The summed E-state index contributed by atoms with van der Waals surface area (Å²) in [4.78, 5) is 4.38. The Morgan fingerprint density at radius 1 is 1.12 bits per heavy atom. The fourth-order valence-electron chi connectivity index (χ4n) is 1.93. The summed E-state index contributed by atoms with van der Waals surface area (Å²) in [5.41, 5.74) is 8.27. The molecule has 0 spiro atoms. The van der Waals surface area contributed by atoms with Crippen LogP contribution in [-0.2, 0) is 0 Å². The van der Waals surface area contributed by atoms with E-state index in [9.17, 15) is 0 Å². The van der Waals surface area contributed by atoms with Gasteiger partial charge in [-0.1, -0.05) is 26.0 Å².